The van der Waals surface area contributed by atoms with Crippen molar-refractivity contribution in [3.63, 3.8) is 0 Å². The van der Waals surface area contributed by atoms with Gasteiger partial charge in [0.2, 0.25) is 5.82 Å². The highest BCUT2D eigenvalue weighted by atomic mass is 79.9. The summed E-state index contributed by atoms with van der Waals surface area (Å²) >= 11 is 3.58. The molecule has 108 valence electrons. The summed E-state index contributed by atoms with van der Waals surface area (Å²) in [4.78, 5) is 1.59. The molecule has 0 spiro atoms. The van der Waals surface area contributed by atoms with Gasteiger partial charge in [0.25, 0.3) is 0 Å². The third-order valence-electron chi connectivity index (χ3n) is 3.08. The smallest absolute Gasteiger partial charge is 0.209 e. The molecule has 7 heteroatoms. The Hall–Kier alpha value is -2.02. The molecule has 1 aromatic carbocycles. The van der Waals surface area contributed by atoms with Gasteiger partial charge in [-0.1, -0.05) is 30.3 Å². The molecule has 0 atom stereocenters. The number of benzene rings is 1. The maximum absolute atomic E-state index is 4.39. The number of hydrogen-bond donors (Lipinski definition) is 0. The van der Waals surface area contributed by atoms with Gasteiger partial charge < -0.3 is 0 Å². The molecule has 0 aliphatic carbocycles. The average Bonchev–Trinajstić information content (AvgIpc) is 3.08. The molecule has 2 heterocycles. The van der Waals surface area contributed by atoms with Crippen LogP contribution in [0.5, 0.6) is 0 Å². The van der Waals surface area contributed by atoms with Crippen molar-refractivity contribution in [2.45, 2.75) is 26.4 Å². The fraction of sp³-hybridized carbons (Fsp3) is 0.286. The number of tetrazole rings is 1. The lowest BCUT2D eigenvalue weighted by molar-refractivity contribution is 0.455. The summed E-state index contributed by atoms with van der Waals surface area (Å²) in [6, 6.07) is 10.4. The first-order chi connectivity index (χ1) is 10.1. The van der Waals surface area contributed by atoms with E-state index in [9.17, 15) is 0 Å². The van der Waals surface area contributed by atoms with Crippen LogP contribution < -0.4 is 0 Å². The van der Waals surface area contributed by atoms with E-state index >= 15 is 0 Å². The topological polar surface area (TPSA) is 61.4 Å². The Labute approximate surface area is 130 Å². The van der Waals surface area contributed by atoms with E-state index in [0.717, 1.165) is 10.2 Å². The minimum atomic E-state index is 0.185. The molecular weight excluding hydrogens is 332 g/mol. The van der Waals surface area contributed by atoms with Crippen LogP contribution in [0.4, 0.5) is 0 Å². The molecule has 21 heavy (non-hydrogen) atoms. The van der Waals surface area contributed by atoms with Gasteiger partial charge in [0.05, 0.1) is 24.3 Å². The zero-order valence-electron chi connectivity index (χ0n) is 11.8. The van der Waals surface area contributed by atoms with Crippen molar-refractivity contribution >= 4 is 15.9 Å². The van der Waals surface area contributed by atoms with E-state index in [-0.39, 0.29) is 6.04 Å². The van der Waals surface area contributed by atoms with E-state index in [1.165, 1.54) is 5.56 Å². The van der Waals surface area contributed by atoms with Gasteiger partial charge in [0, 0.05) is 0 Å². The highest BCUT2D eigenvalue weighted by Crippen LogP contribution is 2.25. The predicted octanol–water partition coefficient (Wildman–Crippen LogP) is 2.93. The normalized spacial score (nSPS) is 11.2. The highest BCUT2D eigenvalue weighted by molar-refractivity contribution is 9.10. The molecule has 0 fully saturated rings. The summed E-state index contributed by atoms with van der Waals surface area (Å²) in [5.41, 5.74) is 2.03. The van der Waals surface area contributed by atoms with Gasteiger partial charge in [-0.2, -0.15) is 9.90 Å². The lowest BCUT2D eigenvalue weighted by Gasteiger charge is -2.03. The molecule has 0 aliphatic heterocycles. The molecule has 3 rings (SSSR count). The Morgan fingerprint density at radius 2 is 1.95 bits per heavy atom. The minimum Gasteiger partial charge on any atom is -0.253 e. The van der Waals surface area contributed by atoms with Gasteiger partial charge in [0.1, 0.15) is 4.60 Å². The first-order valence-corrected chi connectivity index (χ1v) is 7.49. The second-order valence-corrected chi connectivity index (χ2v) is 5.77. The Kier molecular flexibility index (Phi) is 3.83. The maximum Gasteiger partial charge on any atom is 0.209 e. The molecular formula is C14H15BrN6. The van der Waals surface area contributed by atoms with Crippen LogP contribution in [0.3, 0.4) is 0 Å². The zero-order valence-corrected chi connectivity index (χ0v) is 13.4. The largest absolute Gasteiger partial charge is 0.253 e. The van der Waals surface area contributed by atoms with Crippen molar-refractivity contribution in [2.24, 2.45) is 0 Å². The Balaban J connectivity index is 1.88. The first kappa shape index (κ1) is 13.9. The minimum absolute atomic E-state index is 0.185. The summed E-state index contributed by atoms with van der Waals surface area (Å²) < 4.78 is 2.73. The molecule has 0 N–H and O–H groups in total. The Morgan fingerprint density at radius 1 is 1.19 bits per heavy atom. The van der Waals surface area contributed by atoms with Crippen LogP contribution in [-0.4, -0.2) is 30.0 Å². The van der Waals surface area contributed by atoms with Crippen molar-refractivity contribution in [1.82, 2.24) is 30.0 Å². The standard InChI is InChI=1S/C14H15BrN6/c1-10(2)21-18-14(17-19-21)12-8-16-20(13(12)15)9-11-6-4-3-5-7-11/h3-8,10H,9H2,1-2H3. The molecule has 0 saturated heterocycles. The first-order valence-electron chi connectivity index (χ1n) is 6.70. The zero-order chi connectivity index (χ0) is 14.8. The fourth-order valence-electron chi connectivity index (χ4n) is 1.94. The second-order valence-electron chi connectivity index (χ2n) is 5.02. The average molecular weight is 347 g/mol. The molecule has 0 unspecified atom stereocenters. The lowest BCUT2D eigenvalue weighted by atomic mass is 10.2. The van der Waals surface area contributed by atoms with Gasteiger partial charge in [-0.15, -0.1) is 10.2 Å². The maximum atomic E-state index is 4.39. The number of halogens is 1. The molecule has 0 radical (unpaired) electrons. The van der Waals surface area contributed by atoms with Gasteiger partial charge in [-0.3, -0.25) is 4.68 Å². The van der Waals surface area contributed by atoms with Crippen molar-refractivity contribution < 1.29 is 0 Å². The number of nitrogens with zero attached hydrogens (tertiary/aromatic N) is 6. The van der Waals surface area contributed by atoms with Crippen LogP contribution in [0, 0.1) is 0 Å². The van der Waals surface area contributed by atoms with E-state index in [1.54, 1.807) is 11.0 Å². The third kappa shape index (κ3) is 2.87. The molecule has 0 saturated carbocycles. The highest BCUT2D eigenvalue weighted by Gasteiger charge is 2.15. The van der Waals surface area contributed by atoms with Crippen LogP contribution in [0.2, 0.25) is 0 Å². The van der Waals surface area contributed by atoms with Crippen LogP contribution in [0.25, 0.3) is 11.4 Å². The molecule has 3 aromatic rings. The quantitative estimate of drug-likeness (QED) is 0.728. The van der Waals surface area contributed by atoms with E-state index in [2.05, 4.69) is 48.6 Å². The van der Waals surface area contributed by atoms with Crippen molar-refractivity contribution in [3.05, 3.63) is 46.7 Å². The summed E-state index contributed by atoms with van der Waals surface area (Å²) in [5, 5.41) is 16.9. The number of rotatable bonds is 4. The van der Waals surface area contributed by atoms with Crippen LogP contribution in [0.15, 0.2) is 41.1 Å². The van der Waals surface area contributed by atoms with E-state index < -0.39 is 0 Å². The summed E-state index contributed by atoms with van der Waals surface area (Å²) in [7, 11) is 0. The van der Waals surface area contributed by atoms with Gasteiger partial charge in [0.15, 0.2) is 0 Å². The summed E-state index contributed by atoms with van der Waals surface area (Å²) in [5.74, 6) is 0.579. The molecule has 0 aliphatic rings. The van der Waals surface area contributed by atoms with E-state index in [1.807, 2.05) is 36.7 Å². The van der Waals surface area contributed by atoms with Gasteiger partial charge in [-0.25, -0.2) is 0 Å². The van der Waals surface area contributed by atoms with E-state index in [0.29, 0.717) is 12.4 Å². The van der Waals surface area contributed by atoms with Crippen molar-refractivity contribution in [1.29, 1.82) is 0 Å². The molecule has 0 bridgehead atoms. The SMILES string of the molecule is CC(C)n1nnc(-c2cnn(Cc3ccccc3)c2Br)n1. The molecule has 2 aromatic heterocycles. The van der Waals surface area contributed by atoms with Crippen molar-refractivity contribution in [2.75, 3.05) is 0 Å². The predicted molar refractivity (Wildman–Crippen MR) is 82.7 cm³/mol. The lowest BCUT2D eigenvalue weighted by Crippen LogP contribution is -2.04. The molecule has 6 nitrogen and oxygen atoms in total. The summed E-state index contributed by atoms with van der Waals surface area (Å²) in [6.07, 6.45) is 1.76. The Morgan fingerprint density at radius 3 is 2.62 bits per heavy atom. The van der Waals surface area contributed by atoms with Crippen molar-refractivity contribution in [3.8, 4) is 11.4 Å². The van der Waals surface area contributed by atoms with Crippen LogP contribution in [0.1, 0.15) is 25.5 Å². The molecule has 0 amide bonds. The van der Waals surface area contributed by atoms with Crippen LogP contribution in [-0.2, 0) is 6.54 Å². The summed E-state index contributed by atoms with van der Waals surface area (Å²) in [6.45, 7) is 4.72. The Bertz CT molecular complexity index is 731. The third-order valence-corrected chi connectivity index (χ3v) is 3.92. The van der Waals surface area contributed by atoms with Crippen LogP contribution >= 0.6 is 15.9 Å². The van der Waals surface area contributed by atoms with Gasteiger partial charge in [-0.05, 0) is 40.6 Å². The fourth-order valence-corrected chi connectivity index (χ4v) is 2.44. The second kappa shape index (κ2) is 5.77. The van der Waals surface area contributed by atoms with Gasteiger partial charge >= 0.3 is 0 Å². The monoisotopic (exact) mass is 346 g/mol. The number of aromatic nitrogens is 6. The van der Waals surface area contributed by atoms with E-state index in [4.69, 9.17) is 0 Å². The number of hydrogen-bond acceptors (Lipinski definition) is 4.